The van der Waals surface area contributed by atoms with Crippen LogP contribution in [0.1, 0.15) is 86.0 Å². The van der Waals surface area contributed by atoms with Crippen LogP contribution in [0.4, 0.5) is 0 Å². The Balaban J connectivity index is 2.20. The smallest absolute Gasteiger partial charge is 0.119 e. The first-order chi connectivity index (χ1) is 12.7. The fourth-order valence-corrected chi connectivity index (χ4v) is 4.77. The number of unbranched alkanes of at least 4 members (excludes halogenated alkanes) is 3. The van der Waals surface area contributed by atoms with Crippen LogP contribution >= 0.6 is 0 Å². The Morgan fingerprint density at radius 1 is 1.19 bits per heavy atom. The Kier molecular flexibility index (Phi) is 7.42. The molecule has 0 aromatic carbocycles. The van der Waals surface area contributed by atoms with E-state index in [1.165, 1.54) is 31.3 Å². The fraction of sp³-hybridized carbons (Fsp3) is 0.680. The summed E-state index contributed by atoms with van der Waals surface area (Å²) in [6.45, 7) is 15.2. The summed E-state index contributed by atoms with van der Waals surface area (Å²) in [7, 11) is 0. The Hall–Kier alpha value is -1.44. The van der Waals surface area contributed by atoms with Crippen LogP contribution in [-0.2, 0) is 0 Å². The van der Waals surface area contributed by atoms with Crippen molar-refractivity contribution in [2.24, 2.45) is 23.2 Å². The van der Waals surface area contributed by atoms with Gasteiger partial charge in [-0.05, 0) is 56.4 Å². The first-order valence-corrected chi connectivity index (χ1v) is 10.8. The summed E-state index contributed by atoms with van der Waals surface area (Å²) in [6.07, 6.45) is 13.1. The van der Waals surface area contributed by atoms with Gasteiger partial charge < -0.3 is 10.2 Å². The maximum atomic E-state index is 10.9. The van der Waals surface area contributed by atoms with Gasteiger partial charge in [-0.1, -0.05) is 70.3 Å². The number of allylic oxidation sites excluding steroid dienone is 6. The van der Waals surface area contributed by atoms with E-state index in [9.17, 15) is 10.2 Å². The van der Waals surface area contributed by atoms with Crippen LogP contribution in [0.25, 0.3) is 0 Å². The van der Waals surface area contributed by atoms with Crippen molar-refractivity contribution in [1.29, 1.82) is 0 Å². The third kappa shape index (κ3) is 5.30. The lowest BCUT2D eigenvalue weighted by Gasteiger charge is -2.38. The second kappa shape index (κ2) is 9.17. The van der Waals surface area contributed by atoms with Gasteiger partial charge in [0, 0.05) is 17.9 Å². The van der Waals surface area contributed by atoms with E-state index in [1.807, 2.05) is 6.08 Å². The highest BCUT2D eigenvalue weighted by Gasteiger charge is 2.37. The fourth-order valence-electron chi connectivity index (χ4n) is 4.77. The van der Waals surface area contributed by atoms with Crippen LogP contribution in [0.15, 0.2) is 47.0 Å². The molecule has 0 saturated heterocycles. The maximum Gasteiger partial charge on any atom is 0.119 e. The quantitative estimate of drug-likeness (QED) is 0.337. The molecule has 0 aromatic heterocycles. The van der Waals surface area contributed by atoms with E-state index in [0.29, 0.717) is 18.1 Å². The number of rotatable bonds is 8. The molecule has 2 aliphatic carbocycles. The number of hydrogen-bond acceptors (Lipinski definition) is 2. The van der Waals surface area contributed by atoms with E-state index < -0.39 is 0 Å². The molecule has 0 amide bonds. The van der Waals surface area contributed by atoms with Crippen molar-refractivity contribution in [1.82, 2.24) is 0 Å². The predicted octanol–water partition coefficient (Wildman–Crippen LogP) is 7.81. The normalized spacial score (nSPS) is 26.6. The average molecular weight is 373 g/mol. The first kappa shape index (κ1) is 21.9. The zero-order valence-electron chi connectivity index (χ0n) is 18.1. The van der Waals surface area contributed by atoms with Gasteiger partial charge in [-0.3, -0.25) is 0 Å². The van der Waals surface area contributed by atoms with Gasteiger partial charge in [-0.25, -0.2) is 0 Å². The summed E-state index contributed by atoms with van der Waals surface area (Å²) in [5.41, 5.74) is 3.28. The van der Waals surface area contributed by atoms with E-state index in [-0.39, 0.29) is 23.0 Å². The van der Waals surface area contributed by atoms with Gasteiger partial charge >= 0.3 is 0 Å². The van der Waals surface area contributed by atoms with Crippen LogP contribution in [0.3, 0.4) is 0 Å². The highest BCUT2D eigenvalue weighted by molar-refractivity contribution is 5.40. The molecule has 0 fully saturated rings. The molecule has 152 valence electrons. The van der Waals surface area contributed by atoms with Gasteiger partial charge in [0.2, 0.25) is 0 Å². The maximum absolute atomic E-state index is 10.9. The standard InChI is InChI=1S/C25H40O2/c1-7-8-9-10-13-25(5,6)19-15-22(26)24(23(27)16-19)21-14-18(4)11-12-20(21)17(2)3/h14-15,19-21,26-27H,2,7-13,16H2,1,3-6H3/t19?,20-,21?/m0/s1. The molecule has 2 aliphatic rings. The third-order valence-electron chi connectivity index (χ3n) is 6.75. The van der Waals surface area contributed by atoms with Crippen molar-refractivity contribution in [3.63, 3.8) is 0 Å². The predicted molar refractivity (Wildman–Crippen MR) is 116 cm³/mol. The monoisotopic (exact) mass is 372 g/mol. The van der Waals surface area contributed by atoms with Gasteiger partial charge in [-0.15, -0.1) is 0 Å². The molecule has 0 heterocycles. The van der Waals surface area contributed by atoms with Crippen molar-refractivity contribution in [2.75, 3.05) is 0 Å². The lowest BCUT2D eigenvalue weighted by Crippen LogP contribution is -2.29. The molecule has 2 unspecified atom stereocenters. The molecule has 3 atom stereocenters. The second-order valence-electron chi connectivity index (χ2n) is 9.55. The van der Waals surface area contributed by atoms with Crippen LogP contribution in [0.5, 0.6) is 0 Å². The molecule has 2 rings (SSSR count). The topological polar surface area (TPSA) is 40.5 Å². The van der Waals surface area contributed by atoms with Crippen molar-refractivity contribution in [3.05, 3.63) is 47.0 Å². The zero-order chi connectivity index (χ0) is 20.2. The van der Waals surface area contributed by atoms with Gasteiger partial charge in [0.25, 0.3) is 0 Å². The molecule has 2 heteroatoms. The summed E-state index contributed by atoms with van der Waals surface area (Å²) in [4.78, 5) is 0. The van der Waals surface area contributed by atoms with E-state index in [0.717, 1.165) is 30.4 Å². The lowest BCUT2D eigenvalue weighted by atomic mass is 9.67. The molecule has 27 heavy (non-hydrogen) atoms. The Morgan fingerprint density at radius 2 is 1.89 bits per heavy atom. The van der Waals surface area contributed by atoms with E-state index in [4.69, 9.17) is 0 Å². The molecule has 2 nitrogen and oxygen atoms in total. The lowest BCUT2D eigenvalue weighted by molar-refractivity contribution is 0.191. The second-order valence-corrected chi connectivity index (χ2v) is 9.55. The van der Waals surface area contributed by atoms with Crippen LogP contribution < -0.4 is 0 Å². The molecular weight excluding hydrogens is 332 g/mol. The molecule has 0 radical (unpaired) electrons. The molecule has 2 N–H and O–H groups in total. The molecule has 0 spiro atoms. The summed E-state index contributed by atoms with van der Waals surface area (Å²) in [6, 6.07) is 0. The molecule has 0 aliphatic heterocycles. The van der Waals surface area contributed by atoms with Crippen LogP contribution in [0.2, 0.25) is 0 Å². The molecule has 0 bridgehead atoms. The summed E-state index contributed by atoms with van der Waals surface area (Å²) >= 11 is 0. The van der Waals surface area contributed by atoms with Gasteiger partial charge in [0.1, 0.15) is 11.5 Å². The highest BCUT2D eigenvalue weighted by atomic mass is 16.3. The Morgan fingerprint density at radius 3 is 2.48 bits per heavy atom. The number of hydrogen-bond donors (Lipinski definition) is 2. The Bertz CT molecular complexity index is 633. The van der Waals surface area contributed by atoms with Gasteiger partial charge in [0.15, 0.2) is 0 Å². The minimum atomic E-state index is 0.0427. The molecule has 0 saturated carbocycles. The first-order valence-electron chi connectivity index (χ1n) is 10.8. The minimum absolute atomic E-state index is 0.0427. The van der Waals surface area contributed by atoms with Crippen molar-refractivity contribution >= 4 is 0 Å². The summed E-state index contributed by atoms with van der Waals surface area (Å²) in [5, 5.41) is 21.8. The number of aliphatic hydroxyl groups is 2. The van der Waals surface area contributed by atoms with Crippen LogP contribution in [0, 0.1) is 23.2 Å². The summed E-state index contributed by atoms with van der Waals surface area (Å²) < 4.78 is 0. The minimum Gasteiger partial charge on any atom is -0.512 e. The van der Waals surface area contributed by atoms with E-state index >= 15 is 0 Å². The largest absolute Gasteiger partial charge is 0.512 e. The van der Waals surface area contributed by atoms with Crippen molar-refractivity contribution in [3.8, 4) is 0 Å². The summed E-state index contributed by atoms with van der Waals surface area (Å²) in [5.74, 6) is 1.18. The van der Waals surface area contributed by atoms with Crippen molar-refractivity contribution in [2.45, 2.75) is 86.0 Å². The van der Waals surface area contributed by atoms with E-state index in [2.05, 4.69) is 47.3 Å². The molecule has 0 aromatic rings. The van der Waals surface area contributed by atoms with Crippen LogP contribution in [-0.4, -0.2) is 10.2 Å². The Labute approximate surface area is 166 Å². The SMILES string of the molecule is C=C(C)[C@@H]1CCC(C)=CC1C1=C(O)CC(C(C)(C)CCCCCC)C=C1O. The highest BCUT2D eigenvalue weighted by Crippen LogP contribution is 2.46. The zero-order valence-corrected chi connectivity index (χ0v) is 18.1. The number of aliphatic hydroxyl groups excluding tert-OH is 2. The average Bonchev–Trinajstić information content (AvgIpc) is 2.58. The van der Waals surface area contributed by atoms with E-state index in [1.54, 1.807) is 0 Å². The van der Waals surface area contributed by atoms with Gasteiger partial charge in [-0.2, -0.15) is 0 Å². The third-order valence-corrected chi connectivity index (χ3v) is 6.75. The van der Waals surface area contributed by atoms with Crippen molar-refractivity contribution < 1.29 is 10.2 Å². The van der Waals surface area contributed by atoms with Gasteiger partial charge in [0.05, 0.1) is 0 Å². The molecular formula is C25H40O2.